The van der Waals surface area contributed by atoms with Crippen LogP contribution in [0.15, 0.2) is 24.3 Å². The predicted octanol–water partition coefficient (Wildman–Crippen LogP) is 2.43. The van der Waals surface area contributed by atoms with Crippen LogP contribution in [-0.2, 0) is 11.2 Å². The zero-order chi connectivity index (χ0) is 9.97. The van der Waals surface area contributed by atoms with Crippen molar-refractivity contribution in [2.45, 2.75) is 6.42 Å². The highest BCUT2D eigenvalue weighted by molar-refractivity contribution is 6.19. The molecule has 0 aromatic heterocycles. The fourth-order valence-corrected chi connectivity index (χ4v) is 1.68. The molecule has 2 rings (SSSR count). The van der Waals surface area contributed by atoms with Gasteiger partial charge in [0.25, 0.3) is 0 Å². The molecule has 0 atom stereocenters. The highest BCUT2D eigenvalue weighted by atomic mass is 35.5. The summed E-state index contributed by atoms with van der Waals surface area (Å²) in [5.74, 6) is 0.546. The lowest BCUT2D eigenvalue weighted by atomic mass is 10.1. The fraction of sp³-hybridized carbons (Fsp3) is 0.182. The SMILES string of the molecule is O=C1Cc2cccc(C=CCCl)c2N1. The third kappa shape index (κ3) is 1.66. The molecule has 1 aliphatic heterocycles. The van der Waals surface area contributed by atoms with Gasteiger partial charge < -0.3 is 5.32 Å². The van der Waals surface area contributed by atoms with Gasteiger partial charge in [0.05, 0.1) is 12.1 Å². The third-order valence-electron chi connectivity index (χ3n) is 2.18. The van der Waals surface area contributed by atoms with Gasteiger partial charge in [0.1, 0.15) is 0 Å². The highest BCUT2D eigenvalue weighted by Gasteiger charge is 2.18. The first-order valence-corrected chi connectivity index (χ1v) is 4.99. The summed E-state index contributed by atoms with van der Waals surface area (Å²) < 4.78 is 0. The number of nitrogens with one attached hydrogen (secondary N) is 1. The standard InChI is InChI=1S/C11H10ClNO/c12-6-2-5-8-3-1-4-9-7-10(14)13-11(8)9/h1-5H,6-7H2,(H,13,14). The molecule has 0 saturated carbocycles. The first-order chi connectivity index (χ1) is 6.81. The first-order valence-electron chi connectivity index (χ1n) is 4.45. The largest absolute Gasteiger partial charge is 0.325 e. The van der Waals surface area contributed by atoms with E-state index in [1.807, 2.05) is 30.4 Å². The van der Waals surface area contributed by atoms with Crippen LogP contribution >= 0.6 is 11.6 Å². The summed E-state index contributed by atoms with van der Waals surface area (Å²) in [7, 11) is 0. The summed E-state index contributed by atoms with van der Waals surface area (Å²) in [4.78, 5) is 11.2. The lowest BCUT2D eigenvalue weighted by Gasteiger charge is -2.02. The number of allylic oxidation sites excluding steroid dienone is 1. The number of halogens is 1. The fourth-order valence-electron chi connectivity index (χ4n) is 1.59. The van der Waals surface area contributed by atoms with Crippen molar-refractivity contribution in [3.05, 3.63) is 35.4 Å². The van der Waals surface area contributed by atoms with Crippen molar-refractivity contribution in [1.82, 2.24) is 0 Å². The second-order valence-electron chi connectivity index (χ2n) is 3.16. The molecule has 14 heavy (non-hydrogen) atoms. The molecule has 0 bridgehead atoms. The lowest BCUT2D eigenvalue weighted by molar-refractivity contribution is -0.115. The number of anilines is 1. The molecule has 1 amide bonds. The van der Waals surface area contributed by atoms with Crippen LogP contribution in [0.25, 0.3) is 6.08 Å². The second kappa shape index (κ2) is 3.84. The van der Waals surface area contributed by atoms with E-state index in [9.17, 15) is 4.79 Å². The van der Waals surface area contributed by atoms with E-state index >= 15 is 0 Å². The molecule has 2 nitrogen and oxygen atoms in total. The number of hydrogen-bond acceptors (Lipinski definition) is 1. The number of carbonyl (C=O) groups excluding carboxylic acids is 1. The summed E-state index contributed by atoms with van der Waals surface area (Å²) in [5.41, 5.74) is 3.01. The van der Waals surface area contributed by atoms with E-state index in [0.717, 1.165) is 16.8 Å². The number of benzene rings is 1. The maximum absolute atomic E-state index is 11.2. The minimum atomic E-state index is 0.0618. The van der Waals surface area contributed by atoms with Crippen LogP contribution in [0.5, 0.6) is 0 Å². The average Bonchev–Trinajstić information content (AvgIpc) is 2.55. The van der Waals surface area contributed by atoms with E-state index in [1.165, 1.54) is 0 Å². The molecular formula is C11H10ClNO. The molecule has 1 aromatic rings. The van der Waals surface area contributed by atoms with Crippen molar-refractivity contribution in [2.75, 3.05) is 11.2 Å². The van der Waals surface area contributed by atoms with E-state index in [2.05, 4.69) is 5.32 Å². The van der Waals surface area contributed by atoms with E-state index in [1.54, 1.807) is 0 Å². The Hall–Kier alpha value is -1.28. The van der Waals surface area contributed by atoms with Crippen LogP contribution in [0.1, 0.15) is 11.1 Å². The van der Waals surface area contributed by atoms with Gasteiger partial charge in [0.15, 0.2) is 0 Å². The molecular weight excluding hydrogens is 198 g/mol. The zero-order valence-electron chi connectivity index (χ0n) is 7.59. The van der Waals surface area contributed by atoms with Gasteiger partial charge in [-0.05, 0) is 11.1 Å². The van der Waals surface area contributed by atoms with Crippen LogP contribution in [-0.4, -0.2) is 11.8 Å². The Morgan fingerprint density at radius 3 is 3.14 bits per heavy atom. The van der Waals surface area contributed by atoms with Gasteiger partial charge in [-0.15, -0.1) is 11.6 Å². The van der Waals surface area contributed by atoms with E-state index in [-0.39, 0.29) is 5.91 Å². The topological polar surface area (TPSA) is 29.1 Å². The maximum atomic E-state index is 11.2. The quantitative estimate of drug-likeness (QED) is 0.742. The zero-order valence-corrected chi connectivity index (χ0v) is 8.34. The number of alkyl halides is 1. The van der Waals surface area contributed by atoms with E-state index in [4.69, 9.17) is 11.6 Å². The van der Waals surface area contributed by atoms with Crippen molar-refractivity contribution < 1.29 is 4.79 Å². The molecule has 0 aliphatic carbocycles. The molecule has 0 unspecified atom stereocenters. The van der Waals surface area contributed by atoms with Crippen molar-refractivity contribution in [3.8, 4) is 0 Å². The minimum Gasteiger partial charge on any atom is -0.325 e. The van der Waals surface area contributed by atoms with Gasteiger partial charge in [-0.3, -0.25) is 4.79 Å². The molecule has 3 heteroatoms. The van der Waals surface area contributed by atoms with Crippen LogP contribution in [0, 0.1) is 0 Å². The molecule has 1 N–H and O–H groups in total. The Morgan fingerprint density at radius 2 is 2.36 bits per heavy atom. The molecule has 72 valence electrons. The van der Waals surface area contributed by atoms with Crippen LogP contribution in [0.3, 0.4) is 0 Å². The molecule has 0 radical (unpaired) electrons. The van der Waals surface area contributed by atoms with Crippen LogP contribution in [0.4, 0.5) is 5.69 Å². The van der Waals surface area contributed by atoms with Crippen molar-refractivity contribution >= 4 is 29.3 Å². The van der Waals surface area contributed by atoms with Gasteiger partial charge in [0, 0.05) is 5.88 Å². The smallest absolute Gasteiger partial charge is 0.228 e. The number of carbonyl (C=O) groups is 1. The van der Waals surface area contributed by atoms with E-state index in [0.29, 0.717) is 12.3 Å². The summed E-state index contributed by atoms with van der Waals surface area (Å²) in [6.45, 7) is 0. The monoisotopic (exact) mass is 207 g/mol. The number of rotatable bonds is 2. The third-order valence-corrected chi connectivity index (χ3v) is 2.36. The predicted molar refractivity (Wildman–Crippen MR) is 58.5 cm³/mol. The highest BCUT2D eigenvalue weighted by Crippen LogP contribution is 2.27. The van der Waals surface area contributed by atoms with Crippen molar-refractivity contribution in [2.24, 2.45) is 0 Å². The van der Waals surface area contributed by atoms with Gasteiger partial charge in [-0.2, -0.15) is 0 Å². The Labute approximate surface area is 87.6 Å². The molecule has 1 heterocycles. The minimum absolute atomic E-state index is 0.0618. The molecule has 1 aromatic carbocycles. The summed E-state index contributed by atoms with van der Waals surface area (Å²) in [6.07, 6.45) is 4.27. The average molecular weight is 208 g/mol. The Balaban J connectivity index is 2.39. The number of para-hydroxylation sites is 1. The van der Waals surface area contributed by atoms with Crippen molar-refractivity contribution in [1.29, 1.82) is 0 Å². The van der Waals surface area contributed by atoms with Gasteiger partial charge in [-0.25, -0.2) is 0 Å². The van der Waals surface area contributed by atoms with Crippen LogP contribution < -0.4 is 5.32 Å². The summed E-state index contributed by atoms with van der Waals surface area (Å²) >= 11 is 5.56. The molecule has 1 aliphatic rings. The Bertz CT molecular complexity index is 398. The number of fused-ring (bicyclic) bond motifs is 1. The van der Waals surface area contributed by atoms with Gasteiger partial charge >= 0.3 is 0 Å². The summed E-state index contributed by atoms with van der Waals surface area (Å²) in [6, 6.07) is 5.88. The molecule has 0 fully saturated rings. The van der Waals surface area contributed by atoms with E-state index < -0.39 is 0 Å². The van der Waals surface area contributed by atoms with Gasteiger partial charge in [-0.1, -0.05) is 30.4 Å². The summed E-state index contributed by atoms with van der Waals surface area (Å²) in [5, 5.41) is 2.84. The second-order valence-corrected chi connectivity index (χ2v) is 3.47. The molecule has 0 spiro atoms. The molecule has 0 saturated heterocycles. The van der Waals surface area contributed by atoms with Crippen molar-refractivity contribution in [3.63, 3.8) is 0 Å². The van der Waals surface area contributed by atoms with Crippen LogP contribution in [0.2, 0.25) is 0 Å². The number of hydrogen-bond donors (Lipinski definition) is 1. The lowest BCUT2D eigenvalue weighted by Crippen LogP contribution is -2.04. The Morgan fingerprint density at radius 1 is 1.50 bits per heavy atom. The normalized spacial score (nSPS) is 14.5. The maximum Gasteiger partial charge on any atom is 0.228 e. The van der Waals surface area contributed by atoms with Gasteiger partial charge in [0.2, 0.25) is 5.91 Å². The Kier molecular flexibility index (Phi) is 2.55. The first kappa shape index (κ1) is 9.28. The number of amides is 1.